The molecule has 1 unspecified atom stereocenters. The molecule has 6 heteroatoms. The summed E-state index contributed by atoms with van der Waals surface area (Å²) in [5, 5.41) is 21.0. The van der Waals surface area contributed by atoms with Gasteiger partial charge in [0.25, 0.3) is 0 Å². The van der Waals surface area contributed by atoms with Crippen LogP contribution in [-0.2, 0) is 6.54 Å². The molecule has 0 bridgehead atoms. The summed E-state index contributed by atoms with van der Waals surface area (Å²) in [6, 6.07) is 5.46. The topological polar surface area (TPSA) is 91.3 Å². The van der Waals surface area contributed by atoms with E-state index >= 15 is 0 Å². The number of methoxy groups -OCH3 is 1. The number of amidine groups is 1. The molecule has 1 aromatic carbocycles. The Morgan fingerprint density at radius 1 is 1.55 bits per heavy atom. The van der Waals surface area contributed by atoms with Gasteiger partial charge in [-0.15, -0.1) is 0 Å². The lowest BCUT2D eigenvalue weighted by molar-refractivity contribution is 0.219. The Labute approximate surface area is 118 Å². The smallest absolute Gasteiger partial charge is 0.170 e. The molecule has 4 N–H and O–H groups in total. The molecular weight excluding hydrogens is 258 g/mol. The van der Waals surface area contributed by atoms with Crippen LogP contribution in [0.5, 0.6) is 5.75 Å². The van der Waals surface area contributed by atoms with E-state index in [9.17, 15) is 5.11 Å². The van der Waals surface area contributed by atoms with E-state index in [-0.39, 0.29) is 12.4 Å². The number of nitrogens with two attached hydrogens (primary N) is 1. The Kier molecular flexibility index (Phi) is 4.81. The SMILES string of the molecule is COc1ccc(/C(N)=N/O)cc1CN1CCC(CO)C1. The van der Waals surface area contributed by atoms with Gasteiger partial charge in [0.2, 0.25) is 0 Å². The molecule has 1 heterocycles. The number of benzene rings is 1. The zero-order chi connectivity index (χ0) is 14.5. The lowest BCUT2D eigenvalue weighted by Gasteiger charge is -2.18. The highest BCUT2D eigenvalue weighted by atomic mass is 16.5. The van der Waals surface area contributed by atoms with Crippen molar-refractivity contribution >= 4 is 5.84 Å². The van der Waals surface area contributed by atoms with E-state index in [2.05, 4.69) is 10.1 Å². The van der Waals surface area contributed by atoms with Gasteiger partial charge in [0, 0.05) is 30.8 Å². The fourth-order valence-corrected chi connectivity index (χ4v) is 2.57. The number of hydrogen-bond acceptors (Lipinski definition) is 5. The molecule has 110 valence electrons. The molecule has 0 radical (unpaired) electrons. The van der Waals surface area contributed by atoms with Gasteiger partial charge in [-0.2, -0.15) is 0 Å². The molecule has 1 aromatic rings. The summed E-state index contributed by atoms with van der Waals surface area (Å²) in [6.07, 6.45) is 1.01. The van der Waals surface area contributed by atoms with E-state index < -0.39 is 0 Å². The van der Waals surface area contributed by atoms with Gasteiger partial charge < -0.3 is 20.8 Å². The molecule has 6 nitrogen and oxygen atoms in total. The minimum atomic E-state index is 0.0866. The van der Waals surface area contributed by atoms with Gasteiger partial charge in [-0.3, -0.25) is 4.90 Å². The standard InChI is InChI=1S/C14H21N3O3/c1-20-13-3-2-11(14(15)16-19)6-12(13)8-17-5-4-10(7-17)9-18/h2-3,6,10,18-19H,4-5,7-9H2,1H3,(H2,15,16). The Bertz CT molecular complexity index is 491. The van der Waals surface area contributed by atoms with Crippen molar-refractivity contribution in [3.8, 4) is 5.75 Å². The van der Waals surface area contributed by atoms with Gasteiger partial charge in [0.1, 0.15) is 5.75 Å². The third kappa shape index (κ3) is 3.20. The molecule has 0 amide bonds. The summed E-state index contributed by atoms with van der Waals surface area (Å²) in [5.74, 6) is 1.23. The Morgan fingerprint density at radius 2 is 2.35 bits per heavy atom. The van der Waals surface area contributed by atoms with Crippen molar-refractivity contribution in [1.82, 2.24) is 4.90 Å². The van der Waals surface area contributed by atoms with Crippen LogP contribution in [0.4, 0.5) is 0 Å². The third-order valence-corrected chi connectivity index (χ3v) is 3.71. The van der Waals surface area contributed by atoms with Crippen LogP contribution >= 0.6 is 0 Å². The van der Waals surface area contributed by atoms with Crippen LogP contribution in [0.25, 0.3) is 0 Å². The molecule has 1 saturated heterocycles. The second-order valence-corrected chi connectivity index (χ2v) is 5.08. The van der Waals surface area contributed by atoms with Gasteiger partial charge in [0.05, 0.1) is 7.11 Å². The summed E-state index contributed by atoms with van der Waals surface area (Å²) in [4.78, 5) is 2.27. The fourth-order valence-electron chi connectivity index (χ4n) is 2.57. The summed E-state index contributed by atoms with van der Waals surface area (Å²) in [5.41, 5.74) is 7.28. The summed E-state index contributed by atoms with van der Waals surface area (Å²) in [7, 11) is 1.63. The predicted octanol–water partition coefficient (Wildman–Crippen LogP) is 0.604. The minimum Gasteiger partial charge on any atom is -0.496 e. The molecule has 1 atom stereocenters. The minimum absolute atomic E-state index is 0.0866. The first kappa shape index (κ1) is 14.6. The van der Waals surface area contributed by atoms with E-state index in [4.69, 9.17) is 15.7 Å². The van der Waals surface area contributed by atoms with E-state index in [0.29, 0.717) is 11.5 Å². The number of hydrogen-bond donors (Lipinski definition) is 3. The lowest BCUT2D eigenvalue weighted by atomic mass is 10.1. The van der Waals surface area contributed by atoms with Crippen molar-refractivity contribution in [2.75, 3.05) is 26.8 Å². The van der Waals surface area contributed by atoms with Gasteiger partial charge >= 0.3 is 0 Å². The van der Waals surface area contributed by atoms with E-state index in [1.807, 2.05) is 12.1 Å². The third-order valence-electron chi connectivity index (χ3n) is 3.71. The normalized spacial score (nSPS) is 20.3. The highest BCUT2D eigenvalue weighted by Gasteiger charge is 2.22. The van der Waals surface area contributed by atoms with E-state index in [0.717, 1.165) is 37.4 Å². The average Bonchev–Trinajstić information content (AvgIpc) is 2.94. The fraction of sp³-hybridized carbons (Fsp3) is 0.500. The zero-order valence-corrected chi connectivity index (χ0v) is 11.6. The zero-order valence-electron chi connectivity index (χ0n) is 11.6. The number of nitrogens with zero attached hydrogens (tertiary/aromatic N) is 2. The number of rotatable bonds is 5. The molecule has 1 fully saturated rings. The molecule has 0 aliphatic carbocycles. The largest absolute Gasteiger partial charge is 0.496 e. The molecule has 2 rings (SSSR count). The first-order valence-electron chi connectivity index (χ1n) is 6.66. The van der Waals surface area contributed by atoms with Crippen molar-refractivity contribution in [2.45, 2.75) is 13.0 Å². The Hall–Kier alpha value is -1.79. The van der Waals surface area contributed by atoms with Gasteiger partial charge in [-0.05, 0) is 37.1 Å². The summed E-state index contributed by atoms with van der Waals surface area (Å²) >= 11 is 0. The first-order valence-corrected chi connectivity index (χ1v) is 6.66. The van der Waals surface area contributed by atoms with Crippen molar-refractivity contribution in [3.63, 3.8) is 0 Å². The Balaban J connectivity index is 2.16. The average molecular weight is 279 g/mol. The van der Waals surface area contributed by atoms with Crippen molar-refractivity contribution in [3.05, 3.63) is 29.3 Å². The second kappa shape index (κ2) is 6.58. The van der Waals surface area contributed by atoms with E-state index in [1.54, 1.807) is 13.2 Å². The van der Waals surface area contributed by atoms with Crippen molar-refractivity contribution in [1.29, 1.82) is 0 Å². The van der Waals surface area contributed by atoms with Crippen LogP contribution in [0, 0.1) is 5.92 Å². The number of likely N-dealkylation sites (tertiary alicyclic amines) is 1. The summed E-state index contributed by atoms with van der Waals surface area (Å²) in [6.45, 7) is 2.81. The van der Waals surface area contributed by atoms with Crippen LogP contribution in [0.3, 0.4) is 0 Å². The van der Waals surface area contributed by atoms with Crippen molar-refractivity contribution in [2.24, 2.45) is 16.8 Å². The molecule has 20 heavy (non-hydrogen) atoms. The van der Waals surface area contributed by atoms with Crippen LogP contribution < -0.4 is 10.5 Å². The first-order chi connectivity index (χ1) is 9.67. The summed E-state index contributed by atoms with van der Waals surface area (Å²) < 4.78 is 5.36. The maximum Gasteiger partial charge on any atom is 0.170 e. The van der Waals surface area contributed by atoms with Gasteiger partial charge in [-0.25, -0.2) is 0 Å². The molecule has 1 aliphatic heterocycles. The molecule has 1 aliphatic rings. The van der Waals surface area contributed by atoms with Crippen LogP contribution in [0.15, 0.2) is 23.4 Å². The Morgan fingerprint density at radius 3 is 2.95 bits per heavy atom. The molecule has 0 saturated carbocycles. The number of ether oxygens (including phenoxy) is 1. The monoisotopic (exact) mass is 279 g/mol. The quantitative estimate of drug-likeness (QED) is 0.318. The number of oxime groups is 1. The molecular formula is C14H21N3O3. The number of aliphatic hydroxyl groups is 1. The highest BCUT2D eigenvalue weighted by Crippen LogP contribution is 2.25. The van der Waals surface area contributed by atoms with E-state index in [1.165, 1.54) is 0 Å². The van der Waals surface area contributed by atoms with Crippen LogP contribution in [-0.4, -0.2) is 47.9 Å². The van der Waals surface area contributed by atoms with Crippen LogP contribution in [0.1, 0.15) is 17.5 Å². The highest BCUT2D eigenvalue weighted by molar-refractivity contribution is 5.97. The maximum absolute atomic E-state index is 9.19. The number of aliphatic hydroxyl groups excluding tert-OH is 1. The second-order valence-electron chi connectivity index (χ2n) is 5.08. The predicted molar refractivity (Wildman–Crippen MR) is 76.0 cm³/mol. The van der Waals surface area contributed by atoms with Crippen molar-refractivity contribution < 1.29 is 15.1 Å². The van der Waals surface area contributed by atoms with Crippen LogP contribution in [0.2, 0.25) is 0 Å². The molecule has 0 aromatic heterocycles. The lowest BCUT2D eigenvalue weighted by Crippen LogP contribution is -2.22. The van der Waals surface area contributed by atoms with Gasteiger partial charge in [-0.1, -0.05) is 5.16 Å². The van der Waals surface area contributed by atoms with Gasteiger partial charge in [0.15, 0.2) is 5.84 Å². The molecule has 0 spiro atoms. The maximum atomic E-state index is 9.19.